The number of aromatic nitrogens is 6. The molecule has 15 nitrogen and oxygen atoms in total. The van der Waals surface area contributed by atoms with Gasteiger partial charge in [0.1, 0.15) is 18.5 Å². The van der Waals surface area contributed by atoms with Crippen molar-refractivity contribution >= 4 is 34.4 Å². The van der Waals surface area contributed by atoms with Crippen LogP contribution in [0.3, 0.4) is 0 Å². The molecule has 0 aliphatic heterocycles. The molecule has 0 aliphatic carbocycles. The van der Waals surface area contributed by atoms with Gasteiger partial charge >= 0.3 is 11.4 Å². The number of azo groups is 1. The van der Waals surface area contributed by atoms with Crippen LogP contribution in [0, 0.1) is 0 Å². The van der Waals surface area contributed by atoms with Crippen molar-refractivity contribution < 1.29 is 14.9 Å². The Labute approximate surface area is 211 Å². The van der Waals surface area contributed by atoms with Crippen LogP contribution in [-0.2, 0) is 27.7 Å². The summed E-state index contributed by atoms with van der Waals surface area (Å²) in [4.78, 5) is 55.5. The van der Waals surface area contributed by atoms with E-state index >= 15 is 0 Å². The van der Waals surface area contributed by atoms with Crippen molar-refractivity contribution in [3.8, 4) is 11.6 Å². The lowest BCUT2D eigenvalue weighted by atomic mass is 10.3. The van der Waals surface area contributed by atoms with Gasteiger partial charge < -0.3 is 14.9 Å². The molecule has 0 radical (unpaired) electrons. The van der Waals surface area contributed by atoms with Crippen LogP contribution in [0.25, 0.3) is 11.2 Å². The van der Waals surface area contributed by atoms with Gasteiger partial charge in [-0.05, 0) is 24.3 Å². The second kappa shape index (κ2) is 9.87. The van der Waals surface area contributed by atoms with E-state index in [4.69, 9.17) is 16.3 Å². The van der Waals surface area contributed by atoms with Crippen LogP contribution in [0.4, 0.5) is 11.6 Å². The number of fused-ring (bicyclic) bond motifs is 1. The van der Waals surface area contributed by atoms with E-state index in [0.29, 0.717) is 10.8 Å². The SMILES string of the molecule is Cn1c(O)c(N=Nc2nc3c(c(=O)[nH]c(=O)n3C)n2C[C@H](O)COc2ccc(Cl)cc2)c(=O)n(C)c1=O. The third-order valence-electron chi connectivity index (χ3n) is 5.49. The van der Waals surface area contributed by atoms with E-state index in [2.05, 4.69) is 20.2 Å². The molecule has 0 amide bonds. The predicted octanol–water partition coefficient (Wildman–Crippen LogP) is 0.0350. The van der Waals surface area contributed by atoms with E-state index in [0.717, 1.165) is 13.7 Å². The van der Waals surface area contributed by atoms with Gasteiger partial charge in [0.25, 0.3) is 17.1 Å². The Kier molecular flexibility index (Phi) is 6.82. The molecule has 37 heavy (non-hydrogen) atoms. The van der Waals surface area contributed by atoms with Gasteiger partial charge in [0, 0.05) is 26.2 Å². The maximum atomic E-state index is 12.6. The zero-order valence-electron chi connectivity index (χ0n) is 19.7. The molecule has 4 rings (SSSR count). The van der Waals surface area contributed by atoms with Gasteiger partial charge in [0.15, 0.2) is 11.2 Å². The monoisotopic (exact) mass is 532 g/mol. The van der Waals surface area contributed by atoms with Gasteiger partial charge in [-0.2, -0.15) is 4.98 Å². The van der Waals surface area contributed by atoms with Crippen LogP contribution < -0.4 is 27.2 Å². The molecular formula is C21H21ClN8O7. The van der Waals surface area contributed by atoms with Gasteiger partial charge in [-0.1, -0.05) is 11.6 Å². The molecule has 16 heteroatoms. The smallest absolute Gasteiger partial charge is 0.333 e. The highest BCUT2D eigenvalue weighted by Gasteiger charge is 2.21. The summed E-state index contributed by atoms with van der Waals surface area (Å²) >= 11 is 5.85. The lowest BCUT2D eigenvalue weighted by molar-refractivity contribution is 0.0937. The Bertz CT molecular complexity index is 1760. The number of benzene rings is 1. The van der Waals surface area contributed by atoms with Gasteiger partial charge in [0.05, 0.1) is 6.54 Å². The summed E-state index contributed by atoms with van der Waals surface area (Å²) in [6, 6.07) is 6.46. The lowest BCUT2D eigenvalue weighted by Gasteiger charge is -2.14. The highest BCUT2D eigenvalue weighted by atomic mass is 35.5. The first-order chi connectivity index (χ1) is 17.5. The second-order valence-corrected chi connectivity index (χ2v) is 8.45. The largest absolute Gasteiger partial charge is 0.493 e. The summed E-state index contributed by atoms with van der Waals surface area (Å²) in [6.07, 6.45) is -1.18. The molecule has 194 valence electrons. The fraction of sp³-hybridized carbons (Fsp3) is 0.286. The Morgan fingerprint density at radius 3 is 2.41 bits per heavy atom. The Hall–Kier alpha value is -4.50. The minimum absolute atomic E-state index is 0.0638. The molecular weight excluding hydrogens is 512 g/mol. The van der Waals surface area contributed by atoms with Gasteiger partial charge in [-0.15, -0.1) is 10.2 Å². The number of aryl methyl sites for hydroxylation is 1. The summed E-state index contributed by atoms with van der Waals surface area (Å²) in [6.45, 7) is -0.458. The lowest BCUT2D eigenvalue weighted by Crippen LogP contribution is -2.36. The highest BCUT2D eigenvalue weighted by Crippen LogP contribution is 2.24. The van der Waals surface area contributed by atoms with E-state index in [1.165, 1.54) is 25.7 Å². The summed E-state index contributed by atoms with van der Waals surface area (Å²) < 4.78 is 9.32. The fourth-order valence-electron chi connectivity index (χ4n) is 3.46. The number of aliphatic hydroxyl groups excluding tert-OH is 1. The van der Waals surface area contributed by atoms with E-state index in [9.17, 15) is 29.4 Å². The maximum absolute atomic E-state index is 12.6. The standard InChI is InChI=1S/C21H21ClN8O7/c1-27-15-14(16(32)24-20(27)35)30(8-11(31)9-37-12-6-4-10(22)5-7-12)19(23-15)26-25-13-17(33)28(2)21(36)29(3)18(13)34/h4-7,11,31,33H,8-9H2,1-3H3,(H,24,32,35)/t11-/m0/s1. The average molecular weight is 533 g/mol. The Balaban J connectivity index is 1.76. The number of aromatic amines is 1. The summed E-state index contributed by atoms with van der Waals surface area (Å²) in [5, 5.41) is 29.0. The zero-order chi connectivity index (χ0) is 27.0. The molecule has 3 heterocycles. The van der Waals surface area contributed by atoms with Crippen LogP contribution in [0.5, 0.6) is 11.6 Å². The first-order valence-corrected chi connectivity index (χ1v) is 11.0. The molecule has 1 aromatic carbocycles. The fourth-order valence-corrected chi connectivity index (χ4v) is 3.58. The predicted molar refractivity (Wildman–Crippen MR) is 131 cm³/mol. The Morgan fingerprint density at radius 2 is 1.73 bits per heavy atom. The van der Waals surface area contributed by atoms with Crippen molar-refractivity contribution in [3.63, 3.8) is 0 Å². The van der Waals surface area contributed by atoms with Gasteiger partial charge in [-0.25, -0.2) is 9.59 Å². The van der Waals surface area contributed by atoms with Gasteiger partial charge in [-0.3, -0.25) is 32.8 Å². The van der Waals surface area contributed by atoms with Crippen LogP contribution in [-0.4, -0.2) is 51.2 Å². The number of nitrogens with zero attached hydrogens (tertiary/aromatic N) is 7. The quantitative estimate of drug-likeness (QED) is 0.278. The van der Waals surface area contributed by atoms with Crippen molar-refractivity contribution in [3.05, 3.63) is 71.0 Å². The number of H-pyrrole nitrogens is 1. The molecule has 4 aromatic rings. The number of hydrogen-bond acceptors (Lipinski definition) is 10. The number of ether oxygens (including phenoxy) is 1. The number of rotatable bonds is 7. The molecule has 0 saturated heterocycles. The molecule has 0 spiro atoms. The first-order valence-electron chi connectivity index (χ1n) is 10.7. The minimum atomic E-state index is -1.18. The number of imidazole rings is 1. The molecule has 0 fully saturated rings. The molecule has 0 saturated carbocycles. The van der Waals surface area contributed by atoms with Crippen LogP contribution in [0.15, 0.2) is 53.7 Å². The molecule has 0 aliphatic rings. The van der Waals surface area contributed by atoms with Crippen molar-refractivity contribution in [2.75, 3.05) is 6.61 Å². The summed E-state index contributed by atoms with van der Waals surface area (Å²) in [5.74, 6) is -0.552. The van der Waals surface area contributed by atoms with Crippen LogP contribution in [0.2, 0.25) is 5.02 Å². The molecule has 3 aromatic heterocycles. The first kappa shape index (κ1) is 25.6. The van der Waals surface area contributed by atoms with E-state index in [1.54, 1.807) is 24.3 Å². The number of hydrogen-bond donors (Lipinski definition) is 3. The average Bonchev–Trinajstić information content (AvgIpc) is 3.23. The van der Waals surface area contributed by atoms with Crippen molar-refractivity contribution in [1.29, 1.82) is 0 Å². The van der Waals surface area contributed by atoms with Gasteiger partial charge in [0.2, 0.25) is 11.6 Å². The summed E-state index contributed by atoms with van der Waals surface area (Å²) in [7, 11) is 3.80. The third-order valence-corrected chi connectivity index (χ3v) is 5.74. The zero-order valence-corrected chi connectivity index (χ0v) is 20.5. The highest BCUT2D eigenvalue weighted by molar-refractivity contribution is 6.30. The number of halogens is 1. The van der Waals surface area contributed by atoms with E-state index in [-0.39, 0.29) is 30.3 Å². The minimum Gasteiger partial charge on any atom is -0.493 e. The maximum Gasteiger partial charge on any atom is 0.333 e. The van der Waals surface area contributed by atoms with E-state index in [1.807, 2.05) is 0 Å². The normalized spacial score (nSPS) is 12.5. The second-order valence-electron chi connectivity index (χ2n) is 8.01. The number of nitrogens with one attached hydrogen (secondary N) is 1. The molecule has 1 atom stereocenters. The molecule has 3 N–H and O–H groups in total. The molecule has 0 bridgehead atoms. The topological polar surface area (TPSA) is 191 Å². The van der Waals surface area contributed by atoms with Crippen molar-refractivity contribution in [1.82, 2.24) is 28.2 Å². The van der Waals surface area contributed by atoms with Crippen LogP contribution in [0.1, 0.15) is 0 Å². The van der Waals surface area contributed by atoms with Crippen molar-refractivity contribution in [2.45, 2.75) is 12.6 Å². The Morgan fingerprint density at radius 1 is 1.05 bits per heavy atom. The number of aromatic hydroxyl groups is 1. The van der Waals surface area contributed by atoms with Crippen LogP contribution >= 0.6 is 11.6 Å². The van der Waals surface area contributed by atoms with Crippen molar-refractivity contribution in [2.24, 2.45) is 31.4 Å². The van der Waals surface area contributed by atoms with E-state index < -0.39 is 40.2 Å². The molecule has 0 unspecified atom stereocenters. The third kappa shape index (κ3) is 4.81. The number of aliphatic hydroxyl groups is 1. The summed E-state index contributed by atoms with van der Waals surface area (Å²) in [5.41, 5.74) is -3.95.